The number of aryl methyl sites for hydroxylation is 3. The molecule has 1 N–H and O–H groups in total. The van der Waals surface area contributed by atoms with Gasteiger partial charge in [-0.25, -0.2) is 0 Å². The van der Waals surface area contributed by atoms with Gasteiger partial charge in [-0.15, -0.1) is 0 Å². The highest BCUT2D eigenvalue weighted by molar-refractivity contribution is 5.33. The molecule has 0 aliphatic rings. The maximum absolute atomic E-state index is 11.7. The lowest BCUT2D eigenvalue weighted by Gasteiger charge is -2.11. The van der Waals surface area contributed by atoms with Gasteiger partial charge in [0.2, 0.25) is 0 Å². The zero-order valence-electron chi connectivity index (χ0n) is 12.2. The molecule has 0 aromatic carbocycles. The van der Waals surface area contributed by atoms with E-state index in [0.29, 0.717) is 6.61 Å². The van der Waals surface area contributed by atoms with Crippen molar-refractivity contribution in [3.05, 3.63) is 57.3 Å². The third kappa shape index (κ3) is 3.26. The third-order valence-corrected chi connectivity index (χ3v) is 3.28. The van der Waals surface area contributed by atoms with Crippen molar-refractivity contribution in [3.63, 3.8) is 0 Å². The number of H-pyrrole nitrogens is 1. The molecule has 2 aromatic rings. The fraction of sp³-hybridized carbons (Fsp3) is 0.375. The van der Waals surface area contributed by atoms with Crippen molar-refractivity contribution in [1.82, 2.24) is 9.97 Å². The summed E-state index contributed by atoms with van der Waals surface area (Å²) in [5.74, 6) is 0.834. The molecule has 0 saturated heterocycles. The smallest absolute Gasteiger partial charge is 0.251 e. The van der Waals surface area contributed by atoms with Crippen LogP contribution in [0.1, 0.15) is 36.4 Å². The lowest BCUT2D eigenvalue weighted by molar-refractivity contribution is 0.297. The van der Waals surface area contributed by atoms with Crippen LogP contribution in [0.3, 0.4) is 0 Å². The maximum atomic E-state index is 11.7. The van der Waals surface area contributed by atoms with E-state index in [9.17, 15) is 4.79 Å². The van der Waals surface area contributed by atoms with Crippen molar-refractivity contribution in [2.24, 2.45) is 0 Å². The monoisotopic (exact) mass is 272 g/mol. The second-order valence-corrected chi connectivity index (χ2v) is 4.77. The summed E-state index contributed by atoms with van der Waals surface area (Å²) >= 11 is 0. The fourth-order valence-corrected chi connectivity index (χ4v) is 2.03. The molecule has 0 unspecified atom stereocenters. The molecule has 4 nitrogen and oxygen atoms in total. The van der Waals surface area contributed by atoms with Crippen LogP contribution in [0.4, 0.5) is 0 Å². The summed E-state index contributed by atoms with van der Waals surface area (Å²) in [6, 6.07) is 5.69. The van der Waals surface area contributed by atoms with Gasteiger partial charge in [0.1, 0.15) is 12.4 Å². The molecule has 0 aliphatic carbocycles. The number of ether oxygens (including phenoxy) is 1. The van der Waals surface area contributed by atoms with Gasteiger partial charge in [-0.1, -0.05) is 19.9 Å². The summed E-state index contributed by atoms with van der Waals surface area (Å²) in [6.45, 7) is 6.32. The van der Waals surface area contributed by atoms with Crippen LogP contribution in [-0.4, -0.2) is 9.97 Å². The quantitative estimate of drug-likeness (QED) is 0.910. The van der Waals surface area contributed by atoms with E-state index in [0.717, 1.165) is 41.1 Å². The Morgan fingerprint density at radius 3 is 2.60 bits per heavy atom. The van der Waals surface area contributed by atoms with Crippen LogP contribution < -0.4 is 10.3 Å². The SMILES string of the molecule is CCc1cnc(C)cc1OCc1ccc(CC)c(=O)[nH]1. The number of aromatic amines is 1. The molecule has 2 rings (SSSR count). The van der Waals surface area contributed by atoms with Gasteiger partial charge in [0, 0.05) is 29.1 Å². The number of pyridine rings is 2. The van der Waals surface area contributed by atoms with E-state index >= 15 is 0 Å². The van der Waals surface area contributed by atoms with E-state index in [1.807, 2.05) is 38.2 Å². The fourth-order valence-electron chi connectivity index (χ4n) is 2.03. The van der Waals surface area contributed by atoms with Crippen LogP contribution in [0.15, 0.2) is 29.2 Å². The standard InChI is InChI=1S/C16H20N2O2/c1-4-12-6-7-14(18-16(12)19)10-20-15-8-11(3)17-9-13(15)5-2/h6-9H,4-5,10H2,1-3H3,(H,18,19). The highest BCUT2D eigenvalue weighted by atomic mass is 16.5. The first-order chi connectivity index (χ1) is 9.63. The van der Waals surface area contributed by atoms with Crippen LogP contribution in [0.5, 0.6) is 5.75 Å². The average molecular weight is 272 g/mol. The summed E-state index contributed by atoms with van der Waals surface area (Å²) < 4.78 is 5.81. The van der Waals surface area contributed by atoms with Crippen LogP contribution in [0.2, 0.25) is 0 Å². The molecule has 20 heavy (non-hydrogen) atoms. The zero-order valence-corrected chi connectivity index (χ0v) is 12.2. The first-order valence-corrected chi connectivity index (χ1v) is 6.93. The summed E-state index contributed by atoms with van der Waals surface area (Å²) in [7, 11) is 0. The zero-order chi connectivity index (χ0) is 14.5. The number of aromatic nitrogens is 2. The van der Waals surface area contributed by atoms with Crippen molar-refractivity contribution in [2.75, 3.05) is 0 Å². The minimum absolute atomic E-state index is 0.0322. The molecule has 2 aromatic heterocycles. The van der Waals surface area contributed by atoms with Crippen LogP contribution in [0, 0.1) is 6.92 Å². The minimum atomic E-state index is -0.0322. The normalized spacial score (nSPS) is 10.6. The Bertz CT molecular complexity index is 647. The number of nitrogens with one attached hydrogen (secondary N) is 1. The molecule has 0 aliphatic heterocycles. The summed E-state index contributed by atoms with van der Waals surface area (Å²) in [5.41, 5.74) is 3.54. The Kier molecular flexibility index (Phi) is 4.56. The first kappa shape index (κ1) is 14.3. The van der Waals surface area contributed by atoms with E-state index in [2.05, 4.69) is 16.9 Å². The lowest BCUT2D eigenvalue weighted by atomic mass is 10.2. The molecule has 0 amide bonds. The lowest BCUT2D eigenvalue weighted by Crippen LogP contribution is -2.14. The molecule has 4 heteroatoms. The van der Waals surface area contributed by atoms with E-state index in [1.54, 1.807) is 0 Å². The number of nitrogens with zero attached hydrogens (tertiary/aromatic N) is 1. The van der Waals surface area contributed by atoms with E-state index in [-0.39, 0.29) is 5.56 Å². The van der Waals surface area contributed by atoms with Crippen molar-refractivity contribution < 1.29 is 4.74 Å². The van der Waals surface area contributed by atoms with Gasteiger partial charge in [0.05, 0.1) is 5.69 Å². The van der Waals surface area contributed by atoms with Gasteiger partial charge in [-0.3, -0.25) is 9.78 Å². The van der Waals surface area contributed by atoms with E-state index in [4.69, 9.17) is 4.74 Å². The Balaban J connectivity index is 2.14. The summed E-state index contributed by atoms with van der Waals surface area (Å²) in [6.07, 6.45) is 3.45. The van der Waals surface area contributed by atoms with Crippen molar-refractivity contribution in [1.29, 1.82) is 0 Å². The van der Waals surface area contributed by atoms with Crippen molar-refractivity contribution in [3.8, 4) is 5.75 Å². The average Bonchev–Trinajstić information content (AvgIpc) is 2.45. The van der Waals surface area contributed by atoms with Gasteiger partial charge in [-0.2, -0.15) is 0 Å². The van der Waals surface area contributed by atoms with Gasteiger partial charge in [-0.05, 0) is 25.8 Å². The van der Waals surface area contributed by atoms with E-state index in [1.165, 1.54) is 0 Å². The van der Waals surface area contributed by atoms with Gasteiger partial charge >= 0.3 is 0 Å². The molecule has 0 saturated carbocycles. The van der Waals surface area contributed by atoms with Crippen LogP contribution >= 0.6 is 0 Å². The van der Waals surface area contributed by atoms with Crippen LogP contribution in [-0.2, 0) is 19.4 Å². The van der Waals surface area contributed by atoms with Crippen molar-refractivity contribution in [2.45, 2.75) is 40.2 Å². The second kappa shape index (κ2) is 6.37. The first-order valence-electron chi connectivity index (χ1n) is 6.93. The molecule has 0 spiro atoms. The molecule has 106 valence electrons. The molecule has 0 radical (unpaired) electrons. The summed E-state index contributed by atoms with van der Waals surface area (Å²) in [5, 5.41) is 0. The predicted molar refractivity (Wildman–Crippen MR) is 79.1 cm³/mol. The number of rotatable bonds is 5. The molecule has 2 heterocycles. The Hall–Kier alpha value is -2.10. The minimum Gasteiger partial charge on any atom is -0.487 e. The molecule has 0 bridgehead atoms. The van der Waals surface area contributed by atoms with E-state index < -0.39 is 0 Å². The van der Waals surface area contributed by atoms with Crippen molar-refractivity contribution >= 4 is 0 Å². The number of hydrogen-bond acceptors (Lipinski definition) is 3. The predicted octanol–water partition coefficient (Wildman–Crippen LogP) is 2.78. The topological polar surface area (TPSA) is 55.0 Å². The molecular weight excluding hydrogens is 252 g/mol. The summed E-state index contributed by atoms with van der Waals surface area (Å²) in [4.78, 5) is 18.9. The third-order valence-electron chi connectivity index (χ3n) is 3.28. The Morgan fingerprint density at radius 1 is 1.20 bits per heavy atom. The Morgan fingerprint density at radius 2 is 1.95 bits per heavy atom. The molecule has 0 fully saturated rings. The maximum Gasteiger partial charge on any atom is 0.251 e. The second-order valence-electron chi connectivity index (χ2n) is 4.77. The largest absolute Gasteiger partial charge is 0.487 e. The van der Waals surface area contributed by atoms with Gasteiger partial charge < -0.3 is 9.72 Å². The molecular formula is C16H20N2O2. The van der Waals surface area contributed by atoms with Gasteiger partial charge in [0.25, 0.3) is 5.56 Å². The number of hydrogen-bond donors (Lipinski definition) is 1. The molecule has 0 atom stereocenters. The highest BCUT2D eigenvalue weighted by Gasteiger charge is 2.05. The van der Waals surface area contributed by atoms with Crippen LogP contribution in [0.25, 0.3) is 0 Å². The Labute approximate surface area is 118 Å². The highest BCUT2D eigenvalue weighted by Crippen LogP contribution is 2.20. The van der Waals surface area contributed by atoms with Gasteiger partial charge in [0.15, 0.2) is 0 Å².